The van der Waals surface area contributed by atoms with E-state index in [1.54, 1.807) is 24.3 Å². The van der Waals surface area contributed by atoms with Crippen LogP contribution < -0.4 is 5.32 Å². The normalized spacial score (nSPS) is 16.0. The van der Waals surface area contributed by atoms with Crippen molar-refractivity contribution in [3.8, 4) is 0 Å². The van der Waals surface area contributed by atoms with E-state index in [4.69, 9.17) is 4.74 Å². The Hall–Kier alpha value is -2.46. The number of ketones is 1. The number of piperidine rings is 1. The van der Waals surface area contributed by atoms with Crippen LogP contribution >= 0.6 is 0 Å². The lowest BCUT2D eigenvalue weighted by Crippen LogP contribution is -2.31. The first-order chi connectivity index (χ1) is 12.6. The molecule has 0 aliphatic carbocycles. The van der Waals surface area contributed by atoms with E-state index < -0.39 is 0 Å². The largest absolute Gasteiger partial charge is 0.465 e. The van der Waals surface area contributed by atoms with Crippen molar-refractivity contribution >= 4 is 11.8 Å². The summed E-state index contributed by atoms with van der Waals surface area (Å²) in [5, 5.41) is 3.31. The number of hydrogen-bond acceptors (Lipinski definition) is 4. The zero-order valence-electron chi connectivity index (χ0n) is 15.1. The van der Waals surface area contributed by atoms with Gasteiger partial charge in [-0.2, -0.15) is 0 Å². The highest BCUT2D eigenvalue weighted by molar-refractivity contribution is 6.09. The number of carbonyl (C=O) groups is 2. The first kappa shape index (κ1) is 18.3. The summed E-state index contributed by atoms with van der Waals surface area (Å²) >= 11 is 0. The van der Waals surface area contributed by atoms with Gasteiger partial charge in [0.2, 0.25) is 0 Å². The van der Waals surface area contributed by atoms with Gasteiger partial charge in [0.15, 0.2) is 5.78 Å². The molecule has 136 valence electrons. The summed E-state index contributed by atoms with van der Waals surface area (Å²) < 4.78 is 5.53. The van der Waals surface area contributed by atoms with E-state index in [0.717, 1.165) is 31.5 Å². The molecule has 0 bridgehead atoms. The van der Waals surface area contributed by atoms with Gasteiger partial charge in [-0.15, -0.1) is 0 Å². The van der Waals surface area contributed by atoms with Crippen LogP contribution in [0.1, 0.15) is 47.2 Å². The smallest absolute Gasteiger partial charge is 0.313 e. The first-order valence-electron chi connectivity index (χ1n) is 9.22. The van der Waals surface area contributed by atoms with Crippen LogP contribution in [0.2, 0.25) is 0 Å². The second-order valence-electron chi connectivity index (χ2n) is 6.87. The molecule has 1 aliphatic rings. The molecular weight excluding hydrogens is 326 g/mol. The van der Waals surface area contributed by atoms with Gasteiger partial charge < -0.3 is 10.1 Å². The number of nitrogens with one attached hydrogen (secondary N) is 1. The number of ether oxygens (including phenoxy) is 1. The van der Waals surface area contributed by atoms with Crippen LogP contribution in [0, 0.1) is 5.92 Å². The van der Waals surface area contributed by atoms with Gasteiger partial charge in [0, 0.05) is 11.1 Å². The van der Waals surface area contributed by atoms with Gasteiger partial charge in [0.05, 0.1) is 12.5 Å². The fourth-order valence-electron chi connectivity index (χ4n) is 3.21. The summed E-state index contributed by atoms with van der Waals surface area (Å²) in [5.41, 5.74) is 2.04. The molecule has 4 nitrogen and oxygen atoms in total. The molecule has 0 aromatic heterocycles. The third kappa shape index (κ3) is 4.58. The molecule has 1 atom stereocenters. The summed E-state index contributed by atoms with van der Waals surface area (Å²) in [6.07, 6.45) is 2.09. The van der Waals surface area contributed by atoms with Crippen LogP contribution in [0.15, 0.2) is 54.6 Å². The second kappa shape index (κ2) is 8.77. The summed E-state index contributed by atoms with van der Waals surface area (Å²) in [6, 6.07) is 16.4. The molecule has 1 N–H and O–H groups in total. The van der Waals surface area contributed by atoms with Gasteiger partial charge in [-0.1, -0.05) is 48.5 Å². The van der Waals surface area contributed by atoms with E-state index in [-0.39, 0.29) is 17.7 Å². The lowest BCUT2D eigenvalue weighted by molar-refractivity contribution is -0.146. The minimum Gasteiger partial charge on any atom is -0.465 e. The summed E-state index contributed by atoms with van der Waals surface area (Å²) in [5.74, 6) is -0.214. The summed E-state index contributed by atoms with van der Waals surface area (Å²) in [7, 11) is 0. The summed E-state index contributed by atoms with van der Waals surface area (Å²) in [6.45, 7) is 4.28. The van der Waals surface area contributed by atoms with Crippen LogP contribution in [0.4, 0.5) is 0 Å². The molecule has 1 saturated heterocycles. The van der Waals surface area contributed by atoms with E-state index in [9.17, 15) is 9.59 Å². The number of esters is 1. The van der Waals surface area contributed by atoms with Gasteiger partial charge in [0.25, 0.3) is 0 Å². The lowest BCUT2D eigenvalue weighted by Gasteiger charge is -2.23. The predicted octanol–water partition coefficient (Wildman–Crippen LogP) is 3.56. The van der Waals surface area contributed by atoms with Gasteiger partial charge in [0.1, 0.15) is 0 Å². The van der Waals surface area contributed by atoms with Crippen molar-refractivity contribution in [1.82, 2.24) is 5.32 Å². The maximum absolute atomic E-state index is 12.6. The van der Waals surface area contributed by atoms with Crippen LogP contribution in [-0.4, -0.2) is 31.4 Å². The lowest BCUT2D eigenvalue weighted by atomic mass is 9.95. The predicted molar refractivity (Wildman–Crippen MR) is 101 cm³/mol. The Labute approximate surface area is 154 Å². The molecule has 0 saturated carbocycles. The fourth-order valence-corrected chi connectivity index (χ4v) is 3.21. The van der Waals surface area contributed by atoms with Gasteiger partial charge >= 0.3 is 5.97 Å². The van der Waals surface area contributed by atoms with Gasteiger partial charge in [-0.25, -0.2) is 0 Å². The van der Waals surface area contributed by atoms with E-state index in [1.807, 2.05) is 37.3 Å². The van der Waals surface area contributed by atoms with Crippen LogP contribution in [0.25, 0.3) is 0 Å². The molecule has 0 radical (unpaired) electrons. The van der Waals surface area contributed by atoms with Crippen molar-refractivity contribution in [2.24, 2.45) is 5.92 Å². The Morgan fingerprint density at radius 1 is 1.04 bits per heavy atom. The Morgan fingerprint density at radius 3 is 2.46 bits per heavy atom. The number of carbonyl (C=O) groups excluding carboxylic acids is 2. The van der Waals surface area contributed by atoms with Crippen LogP contribution in [0.5, 0.6) is 0 Å². The summed E-state index contributed by atoms with van der Waals surface area (Å²) in [4.78, 5) is 25.0. The Kier molecular flexibility index (Phi) is 6.18. The average Bonchev–Trinajstić information content (AvgIpc) is 2.72. The molecule has 3 rings (SSSR count). The van der Waals surface area contributed by atoms with Crippen molar-refractivity contribution in [1.29, 1.82) is 0 Å². The molecule has 4 heteroatoms. The standard InChI is InChI=1S/C22H25NO3/c1-16(22(25)26-15-17-10-12-23-13-11-17)19-8-5-9-20(14-19)21(24)18-6-3-2-4-7-18/h2-9,14,16-17,23H,10-13,15H2,1H3. The molecule has 0 amide bonds. The maximum atomic E-state index is 12.6. The number of benzene rings is 2. The molecule has 1 heterocycles. The molecule has 1 unspecified atom stereocenters. The third-order valence-electron chi connectivity index (χ3n) is 4.96. The number of rotatable bonds is 6. The molecule has 1 aliphatic heterocycles. The van der Waals surface area contributed by atoms with Gasteiger partial charge in [-0.05, 0) is 50.4 Å². The minimum atomic E-state index is -0.389. The van der Waals surface area contributed by atoms with Crippen LogP contribution in [-0.2, 0) is 9.53 Å². The molecular formula is C22H25NO3. The third-order valence-corrected chi connectivity index (χ3v) is 4.96. The average molecular weight is 351 g/mol. The maximum Gasteiger partial charge on any atom is 0.313 e. The van der Waals surface area contributed by atoms with Crippen LogP contribution in [0.3, 0.4) is 0 Å². The van der Waals surface area contributed by atoms with E-state index >= 15 is 0 Å². The van der Waals surface area contributed by atoms with E-state index in [1.165, 1.54) is 0 Å². The minimum absolute atomic E-state index is 0.0391. The quantitative estimate of drug-likeness (QED) is 0.639. The zero-order chi connectivity index (χ0) is 18.4. The molecule has 2 aromatic carbocycles. The first-order valence-corrected chi connectivity index (χ1v) is 9.22. The molecule has 2 aromatic rings. The van der Waals surface area contributed by atoms with Crippen molar-refractivity contribution in [3.05, 3.63) is 71.3 Å². The number of hydrogen-bond donors (Lipinski definition) is 1. The van der Waals surface area contributed by atoms with Crippen molar-refractivity contribution in [2.75, 3.05) is 19.7 Å². The highest BCUT2D eigenvalue weighted by atomic mass is 16.5. The van der Waals surface area contributed by atoms with Crippen molar-refractivity contribution in [3.63, 3.8) is 0 Å². The molecule has 0 spiro atoms. The monoisotopic (exact) mass is 351 g/mol. The highest BCUT2D eigenvalue weighted by Crippen LogP contribution is 2.21. The topological polar surface area (TPSA) is 55.4 Å². The Balaban J connectivity index is 1.64. The molecule has 26 heavy (non-hydrogen) atoms. The Morgan fingerprint density at radius 2 is 1.73 bits per heavy atom. The second-order valence-corrected chi connectivity index (χ2v) is 6.87. The van der Waals surface area contributed by atoms with Crippen molar-refractivity contribution < 1.29 is 14.3 Å². The van der Waals surface area contributed by atoms with E-state index in [0.29, 0.717) is 23.7 Å². The molecule has 1 fully saturated rings. The highest BCUT2D eigenvalue weighted by Gasteiger charge is 2.21. The fraction of sp³-hybridized carbons (Fsp3) is 0.364. The SMILES string of the molecule is CC(C(=O)OCC1CCNCC1)c1cccc(C(=O)c2ccccc2)c1. The zero-order valence-corrected chi connectivity index (χ0v) is 15.1. The van der Waals surface area contributed by atoms with Gasteiger partial charge in [-0.3, -0.25) is 9.59 Å². The van der Waals surface area contributed by atoms with Crippen molar-refractivity contribution in [2.45, 2.75) is 25.7 Å². The Bertz CT molecular complexity index is 751. The van der Waals surface area contributed by atoms with E-state index in [2.05, 4.69) is 5.32 Å².